The summed E-state index contributed by atoms with van der Waals surface area (Å²) in [6.45, 7) is 1.90. The van der Waals surface area contributed by atoms with Gasteiger partial charge in [0, 0.05) is 24.0 Å². The minimum Gasteiger partial charge on any atom is -0.320 e. The van der Waals surface area contributed by atoms with E-state index < -0.39 is 10.8 Å². The number of fused-ring (bicyclic) bond motifs is 1. The molecule has 0 unspecified atom stereocenters. The molecule has 7 nitrogen and oxygen atoms in total. The molecule has 2 aromatic heterocycles. The fraction of sp³-hybridized carbons (Fsp3) is 0.125. The Hall–Kier alpha value is -2.93. The van der Waals surface area contributed by atoms with Gasteiger partial charge in [0.2, 0.25) is 0 Å². The highest BCUT2D eigenvalue weighted by atomic mass is 35.5. The summed E-state index contributed by atoms with van der Waals surface area (Å²) in [5, 5.41) is 14.0. The van der Waals surface area contributed by atoms with Crippen LogP contribution in [0.15, 0.2) is 42.6 Å². The van der Waals surface area contributed by atoms with Gasteiger partial charge in [-0.2, -0.15) is 0 Å². The van der Waals surface area contributed by atoms with Crippen LogP contribution < -0.4 is 5.32 Å². The zero-order chi connectivity index (χ0) is 17.3. The molecule has 0 spiro atoms. The number of aryl methyl sites for hydroxylation is 1. The van der Waals surface area contributed by atoms with Gasteiger partial charge in [-0.25, -0.2) is 4.98 Å². The zero-order valence-corrected chi connectivity index (χ0v) is 13.4. The van der Waals surface area contributed by atoms with E-state index in [0.29, 0.717) is 34.2 Å². The number of nitrogens with one attached hydrogen (secondary N) is 1. The number of pyridine rings is 1. The molecular weight excluding hydrogens is 332 g/mol. The lowest BCUT2D eigenvalue weighted by molar-refractivity contribution is -0.384. The van der Waals surface area contributed by atoms with Crippen LogP contribution in [0, 0.1) is 10.1 Å². The SMILES string of the molecule is CCc1nc2ccc(Cl)cn2c1C(=O)Nc1cccc([N+](=O)[O-])c1. The molecular formula is C16H13ClN4O3. The molecule has 0 aliphatic heterocycles. The summed E-state index contributed by atoms with van der Waals surface area (Å²) in [5.41, 5.74) is 1.85. The van der Waals surface area contributed by atoms with Gasteiger partial charge >= 0.3 is 0 Å². The number of carbonyl (C=O) groups excluding carboxylic acids is 1. The van der Waals surface area contributed by atoms with E-state index in [2.05, 4.69) is 10.3 Å². The number of halogens is 1. The molecule has 0 radical (unpaired) electrons. The normalized spacial score (nSPS) is 10.8. The predicted octanol–water partition coefficient (Wildman–Crippen LogP) is 3.71. The lowest BCUT2D eigenvalue weighted by Gasteiger charge is -2.07. The van der Waals surface area contributed by atoms with Crippen molar-refractivity contribution in [2.24, 2.45) is 0 Å². The fourth-order valence-electron chi connectivity index (χ4n) is 2.44. The smallest absolute Gasteiger partial charge is 0.274 e. The minimum absolute atomic E-state index is 0.0929. The molecule has 1 amide bonds. The Kier molecular flexibility index (Phi) is 4.18. The highest BCUT2D eigenvalue weighted by Crippen LogP contribution is 2.21. The molecule has 3 aromatic rings. The van der Waals surface area contributed by atoms with Crippen LogP contribution in [0.5, 0.6) is 0 Å². The van der Waals surface area contributed by atoms with Gasteiger partial charge in [-0.15, -0.1) is 0 Å². The van der Waals surface area contributed by atoms with Crippen LogP contribution in [0.3, 0.4) is 0 Å². The number of carbonyl (C=O) groups is 1. The Balaban J connectivity index is 2.01. The lowest BCUT2D eigenvalue weighted by atomic mass is 10.2. The van der Waals surface area contributed by atoms with Gasteiger partial charge in [0.05, 0.1) is 15.6 Å². The maximum absolute atomic E-state index is 12.7. The first-order valence-electron chi connectivity index (χ1n) is 7.22. The number of nitro benzene ring substituents is 1. The van der Waals surface area contributed by atoms with E-state index in [-0.39, 0.29) is 5.69 Å². The van der Waals surface area contributed by atoms with Crippen molar-refractivity contribution in [2.45, 2.75) is 13.3 Å². The summed E-state index contributed by atoms with van der Waals surface area (Å²) >= 11 is 6.01. The zero-order valence-electron chi connectivity index (χ0n) is 12.7. The second-order valence-electron chi connectivity index (χ2n) is 5.10. The van der Waals surface area contributed by atoms with E-state index in [4.69, 9.17) is 11.6 Å². The number of hydrogen-bond acceptors (Lipinski definition) is 4. The number of nitrogens with zero attached hydrogens (tertiary/aromatic N) is 3. The van der Waals surface area contributed by atoms with Crippen LogP contribution in [-0.4, -0.2) is 20.2 Å². The molecule has 2 heterocycles. The van der Waals surface area contributed by atoms with Crippen LogP contribution in [0.4, 0.5) is 11.4 Å². The van der Waals surface area contributed by atoms with E-state index in [1.807, 2.05) is 6.92 Å². The summed E-state index contributed by atoms with van der Waals surface area (Å²) in [6, 6.07) is 9.20. The Morgan fingerprint density at radius 1 is 1.38 bits per heavy atom. The predicted molar refractivity (Wildman–Crippen MR) is 90.6 cm³/mol. The first-order valence-corrected chi connectivity index (χ1v) is 7.59. The Labute approximate surface area is 142 Å². The Bertz CT molecular complexity index is 952. The van der Waals surface area contributed by atoms with Crippen LogP contribution >= 0.6 is 11.6 Å². The largest absolute Gasteiger partial charge is 0.320 e. The molecule has 24 heavy (non-hydrogen) atoms. The highest BCUT2D eigenvalue weighted by molar-refractivity contribution is 6.30. The van der Waals surface area contributed by atoms with E-state index >= 15 is 0 Å². The van der Waals surface area contributed by atoms with Gasteiger partial charge in [0.1, 0.15) is 11.3 Å². The standard InChI is InChI=1S/C16H13ClN4O3/c1-2-13-15(20-9-10(17)6-7-14(20)19-13)16(22)18-11-4-3-5-12(8-11)21(23)24/h3-9H,2H2,1H3,(H,18,22). The summed E-state index contributed by atoms with van der Waals surface area (Å²) < 4.78 is 1.62. The number of amides is 1. The molecule has 3 rings (SSSR count). The highest BCUT2D eigenvalue weighted by Gasteiger charge is 2.19. The summed E-state index contributed by atoms with van der Waals surface area (Å²) in [4.78, 5) is 27.4. The molecule has 0 atom stereocenters. The van der Waals surface area contributed by atoms with Crippen molar-refractivity contribution in [2.75, 3.05) is 5.32 Å². The molecule has 0 aliphatic rings. The summed E-state index contributed by atoms with van der Waals surface area (Å²) in [5.74, 6) is -0.401. The molecule has 0 saturated heterocycles. The number of nitro groups is 1. The number of anilines is 1. The van der Waals surface area contributed by atoms with E-state index in [1.54, 1.807) is 28.8 Å². The molecule has 1 aromatic carbocycles. The number of imidazole rings is 1. The molecule has 0 aliphatic carbocycles. The molecule has 122 valence electrons. The molecule has 0 bridgehead atoms. The second kappa shape index (κ2) is 6.29. The van der Waals surface area contributed by atoms with Gasteiger partial charge in [0.25, 0.3) is 11.6 Å². The molecule has 8 heteroatoms. The summed E-state index contributed by atoms with van der Waals surface area (Å²) in [6.07, 6.45) is 2.18. The second-order valence-corrected chi connectivity index (χ2v) is 5.53. The first kappa shape index (κ1) is 15.9. The lowest BCUT2D eigenvalue weighted by Crippen LogP contribution is -2.16. The number of non-ortho nitro benzene ring substituents is 1. The third kappa shape index (κ3) is 2.93. The third-order valence-corrected chi connectivity index (χ3v) is 3.74. The van der Waals surface area contributed by atoms with Gasteiger partial charge in [-0.3, -0.25) is 19.3 Å². The van der Waals surface area contributed by atoms with Gasteiger partial charge in [0.15, 0.2) is 0 Å². The van der Waals surface area contributed by atoms with Crippen molar-refractivity contribution >= 4 is 34.5 Å². The van der Waals surface area contributed by atoms with Crippen LogP contribution in [-0.2, 0) is 6.42 Å². The van der Waals surface area contributed by atoms with E-state index in [9.17, 15) is 14.9 Å². The number of hydrogen-bond donors (Lipinski definition) is 1. The van der Waals surface area contributed by atoms with Crippen molar-refractivity contribution in [3.63, 3.8) is 0 Å². The monoisotopic (exact) mass is 344 g/mol. The van der Waals surface area contributed by atoms with Gasteiger partial charge in [-0.05, 0) is 24.6 Å². The van der Waals surface area contributed by atoms with Crippen LogP contribution in [0.25, 0.3) is 5.65 Å². The number of benzene rings is 1. The molecule has 1 N–H and O–H groups in total. The number of rotatable bonds is 4. The maximum atomic E-state index is 12.7. The quantitative estimate of drug-likeness (QED) is 0.577. The van der Waals surface area contributed by atoms with E-state index in [0.717, 1.165) is 0 Å². The van der Waals surface area contributed by atoms with Crippen LogP contribution in [0.2, 0.25) is 5.02 Å². The van der Waals surface area contributed by atoms with Crippen molar-refractivity contribution < 1.29 is 9.72 Å². The summed E-state index contributed by atoms with van der Waals surface area (Å²) in [7, 11) is 0. The third-order valence-electron chi connectivity index (χ3n) is 3.52. The molecule has 0 fully saturated rings. The van der Waals surface area contributed by atoms with Crippen molar-refractivity contribution in [3.8, 4) is 0 Å². The van der Waals surface area contributed by atoms with Crippen molar-refractivity contribution in [1.29, 1.82) is 0 Å². The minimum atomic E-state index is -0.513. The maximum Gasteiger partial charge on any atom is 0.274 e. The van der Waals surface area contributed by atoms with Crippen molar-refractivity contribution in [1.82, 2.24) is 9.38 Å². The topological polar surface area (TPSA) is 89.5 Å². The van der Waals surface area contributed by atoms with Crippen LogP contribution in [0.1, 0.15) is 23.1 Å². The average Bonchev–Trinajstić information content (AvgIpc) is 2.92. The van der Waals surface area contributed by atoms with Gasteiger partial charge in [-0.1, -0.05) is 24.6 Å². The fourth-order valence-corrected chi connectivity index (χ4v) is 2.60. The van der Waals surface area contributed by atoms with Gasteiger partial charge < -0.3 is 5.32 Å². The number of aromatic nitrogens is 2. The average molecular weight is 345 g/mol. The Morgan fingerprint density at radius 3 is 2.88 bits per heavy atom. The Morgan fingerprint density at radius 2 is 2.17 bits per heavy atom. The molecule has 0 saturated carbocycles. The van der Waals surface area contributed by atoms with Crippen molar-refractivity contribution in [3.05, 3.63) is 69.1 Å². The first-order chi connectivity index (χ1) is 11.5. The van der Waals surface area contributed by atoms with E-state index in [1.165, 1.54) is 18.2 Å².